The number of rotatable bonds is 1. The van der Waals surface area contributed by atoms with Crippen LogP contribution in [0.15, 0.2) is 18.2 Å². The van der Waals surface area contributed by atoms with Gasteiger partial charge in [0.1, 0.15) is 0 Å². The van der Waals surface area contributed by atoms with Gasteiger partial charge in [-0.3, -0.25) is 0 Å². The van der Waals surface area contributed by atoms with Crippen molar-refractivity contribution < 1.29 is 9.53 Å². The van der Waals surface area contributed by atoms with Crippen LogP contribution in [0.5, 0.6) is 0 Å². The molecule has 1 saturated heterocycles. The second kappa shape index (κ2) is 4.11. The van der Waals surface area contributed by atoms with Gasteiger partial charge in [-0.05, 0) is 24.1 Å². The van der Waals surface area contributed by atoms with Crippen LogP contribution in [-0.4, -0.2) is 12.7 Å². The van der Waals surface area contributed by atoms with Crippen LogP contribution in [-0.2, 0) is 4.74 Å². The predicted molar refractivity (Wildman–Crippen MR) is 58.0 cm³/mol. The first kappa shape index (κ1) is 10.3. The van der Waals surface area contributed by atoms with Crippen molar-refractivity contribution in [3.63, 3.8) is 0 Å². The molecule has 0 bridgehead atoms. The molecule has 1 heterocycles. The average Bonchev–Trinajstić information content (AvgIpc) is 2.17. The maximum Gasteiger partial charge on any atom is 0.407 e. The minimum atomic E-state index is -0.370. The number of nitrogens with one attached hydrogen (secondary N) is 1. The zero-order valence-corrected chi connectivity index (χ0v) is 9.17. The number of halogens is 1. The Balaban J connectivity index is 2.32. The number of ether oxygens (including phenoxy) is 1. The van der Waals surface area contributed by atoms with Crippen LogP contribution in [0.3, 0.4) is 0 Å². The Morgan fingerprint density at radius 3 is 3.00 bits per heavy atom. The van der Waals surface area contributed by atoms with E-state index in [4.69, 9.17) is 16.3 Å². The first-order chi connectivity index (χ1) is 7.18. The normalized spacial score (nSPS) is 20.7. The molecule has 1 aromatic rings. The minimum absolute atomic E-state index is 0.0278. The third kappa shape index (κ3) is 2.07. The van der Waals surface area contributed by atoms with Gasteiger partial charge in [0.2, 0.25) is 0 Å². The van der Waals surface area contributed by atoms with Gasteiger partial charge in [-0.1, -0.05) is 23.7 Å². The topological polar surface area (TPSA) is 38.3 Å². The van der Waals surface area contributed by atoms with E-state index in [-0.39, 0.29) is 12.1 Å². The molecule has 0 aromatic heterocycles. The van der Waals surface area contributed by atoms with Gasteiger partial charge in [0.15, 0.2) is 0 Å². The van der Waals surface area contributed by atoms with Gasteiger partial charge in [0.05, 0.1) is 12.6 Å². The van der Waals surface area contributed by atoms with E-state index >= 15 is 0 Å². The maximum absolute atomic E-state index is 11.1. The van der Waals surface area contributed by atoms with E-state index in [0.29, 0.717) is 11.6 Å². The number of aryl methyl sites for hydroxylation is 1. The molecule has 1 amide bonds. The van der Waals surface area contributed by atoms with Crippen LogP contribution in [0, 0.1) is 6.92 Å². The minimum Gasteiger partial charge on any atom is -0.449 e. The van der Waals surface area contributed by atoms with Gasteiger partial charge in [0, 0.05) is 11.4 Å². The Morgan fingerprint density at radius 2 is 2.33 bits per heavy atom. The lowest BCUT2D eigenvalue weighted by Gasteiger charge is -2.25. The van der Waals surface area contributed by atoms with Gasteiger partial charge in [-0.2, -0.15) is 0 Å². The first-order valence-corrected chi connectivity index (χ1v) is 5.24. The van der Waals surface area contributed by atoms with E-state index in [1.54, 1.807) is 0 Å². The number of alkyl carbamates (subject to hydrolysis) is 1. The van der Waals surface area contributed by atoms with Gasteiger partial charge in [0.25, 0.3) is 0 Å². The van der Waals surface area contributed by atoms with Crippen molar-refractivity contribution in [2.75, 3.05) is 6.61 Å². The van der Waals surface area contributed by atoms with Gasteiger partial charge < -0.3 is 10.1 Å². The lowest BCUT2D eigenvalue weighted by atomic mass is 9.98. The fraction of sp³-hybridized carbons (Fsp3) is 0.364. The fourth-order valence-electron chi connectivity index (χ4n) is 1.83. The molecular weight excluding hydrogens is 214 g/mol. The zero-order valence-electron chi connectivity index (χ0n) is 8.42. The molecule has 0 spiro atoms. The molecule has 1 N–H and O–H groups in total. The average molecular weight is 226 g/mol. The van der Waals surface area contributed by atoms with E-state index in [9.17, 15) is 4.79 Å². The second-order valence-corrected chi connectivity index (χ2v) is 4.00. The van der Waals surface area contributed by atoms with Crippen molar-refractivity contribution in [2.24, 2.45) is 0 Å². The number of hydrogen-bond acceptors (Lipinski definition) is 2. The molecule has 3 nitrogen and oxygen atoms in total. The van der Waals surface area contributed by atoms with Crippen molar-refractivity contribution in [1.29, 1.82) is 0 Å². The summed E-state index contributed by atoms with van der Waals surface area (Å²) in [6.07, 6.45) is 0.390. The van der Waals surface area contributed by atoms with Crippen molar-refractivity contribution in [2.45, 2.75) is 19.4 Å². The van der Waals surface area contributed by atoms with E-state index in [1.165, 1.54) is 0 Å². The monoisotopic (exact) mass is 225 g/mol. The lowest BCUT2D eigenvalue weighted by Crippen LogP contribution is -2.35. The summed E-state index contributed by atoms with van der Waals surface area (Å²) in [5.74, 6) is 0. The summed E-state index contributed by atoms with van der Waals surface area (Å²) in [5, 5.41) is 3.47. The van der Waals surface area contributed by atoms with Crippen LogP contribution < -0.4 is 5.32 Å². The number of carbonyl (C=O) groups is 1. The Kier molecular flexibility index (Phi) is 2.82. The zero-order chi connectivity index (χ0) is 10.8. The summed E-state index contributed by atoms with van der Waals surface area (Å²) in [4.78, 5) is 11.1. The molecule has 2 rings (SSSR count). The molecule has 0 saturated carbocycles. The van der Waals surface area contributed by atoms with Crippen LogP contribution in [0.1, 0.15) is 23.6 Å². The Hall–Kier alpha value is -1.22. The number of hydrogen-bond donors (Lipinski definition) is 1. The van der Waals surface area contributed by atoms with E-state index in [1.807, 2.05) is 25.1 Å². The summed E-state index contributed by atoms with van der Waals surface area (Å²) in [6.45, 7) is 2.43. The van der Waals surface area contributed by atoms with Crippen LogP contribution >= 0.6 is 11.6 Å². The predicted octanol–water partition coefficient (Wildman–Crippen LogP) is 2.82. The highest BCUT2D eigenvalue weighted by Gasteiger charge is 2.23. The molecule has 1 atom stereocenters. The van der Waals surface area contributed by atoms with Crippen molar-refractivity contribution >= 4 is 17.7 Å². The largest absolute Gasteiger partial charge is 0.449 e. The first-order valence-electron chi connectivity index (χ1n) is 4.87. The molecule has 0 radical (unpaired) electrons. The molecule has 80 valence electrons. The van der Waals surface area contributed by atoms with Crippen molar-refractivity contribution in [3.8, 4) is 0 Å². The highest BCUT2D eigenvalue weighted by molar-refractivity contribution is 6.31. The number of amides is 1. The summed E-state index contributed by atoms with van der Waals surface area (Å²) >= 11 is 6.12. The SMILES string of the molecule is Cc1cccc(Cl)c1[C@H]1CCOC(=O)N1. The standard InChI is InChI=1S/C11H12ClNO2/c1-7-3-2-4-8(12)10(7)9-5-6-15-11(14)13-9/h2-4,9H,5-6H2,1H3,(H,13,14)/t9-/m1/s1. The Labute approximate surface area is 93.4 Å². The molecule has 1 aliphatic heterocycles. The summed E-state index contributed by atoms with van der Waals surface area (Å²) in [6, 6.07) is 5.70. The molecular formula is C11H12ClNO2. The van der Waals surface area contributed by atoms with Gasteiger partial charge in [-0.25, -0.2) is 4.79 Å². The third-order valence-corrected chi connectivity index (χ3v) is 2.88. The van der Waals surface area contributed by atoms with Gasteiger partial charge >= 0.3 is 6.09 Å². The molecule has 1 fully saturated rings. The number of benzene rings is 1. The maximum atomic E-state index is 11.1. The Morgan fingerprint density at radius 1 is 1.53 bits per heavy atom. The third-order valence-electron chi connectivity index (χ3n) is 2.55. The van der Waals surface area contributed by atoms with Crippen LogP contribution in [0.2, 0.25) is 5.02 Å². The quantitative estimate of drug-likeness (QED) is 0.798. The number of cyclic esters (lactones) is 1. The highest BCUT2D eigenvalue weighted by Crippen LogP contribution is 2.29. The lowest BCUT2D eigenvalue weighted by molar-refractivity contribution is 0.115. The molecule has 0 aliphatic carbocycles. The smallest absolute Gasteiger partial charge is 0.407 e. The molecule has 0 unspecified atom stereocenters. The van der Waals surface area contributed by atoms with Crippen molar-refractivity contribution in [1.82, 2.24) is 5.32 Å². The number of carbonyl (C=O) groups excluding carboxylic acids is 1. The van der Waals surface area contributed by atoms with Crippen LogP contribution in [0.4, 0.5) is 4.79 Å². The summed E-state index contributed by atoms with van der Waals surface area (Å²) in [5.41, 5.74) is 2.09. The second-order valence-electron chi connectivity index (χ2n) is 3.59. The fourth-order valence-corrected chi connectivity index (χ4v) is 2.18. The molecule has 15 heavy (non-hydrogen) atoms. The Bertz CT molecular complexity index is 372. The van der Waals surface area contributed by atoms with Gasteiger partial charge in [-0.15, -0.1) is 0 Å². The molecule has 1 aromatic carbocycles. The summed E-state index contributed by atoms with van der Waals surface area (Å²) < 4.78 is 4.82. The van der Waals surface area contributed by atoms with E-state index in [2.05, 4.69) is 5.32 Å². The molecule has 4 heteroatoms. The van der Waals surface area contributed by atoms with Crippen LogP contribution in [0.25, 0.3) is 0 Å². The van der Waals surface area contributed by atoms with E-state index in [0.717, 1.165) is 17.5 Å². The highest BCUT2D eigenvalue weighted by atomic mass is 35.5. The summed E-state index contributed by atoms with van der Waals surface area (Å²) in [7, 11) is 0. The van der Waals surface area contributed by atoms with E-state index < -0.39 is 0 Å². The molecule has 1 aliphatic rings. The van der Waals surface area contributed by atoms with Crippen molar-refractivity contribution in [3.05, 3.63) is 34.3 Å².